The summed E-state index contributed by atoms with van der Waals surface area (Å²) < 4.78 is 0. The molecule has 16 heavy (non-hydrogen) atoms. The standard InChI is InChI=1S/C13H17N3/c14-10-4-5-13-9(6-10)7-12(16-13)8-15-11-2-1-3-11/h4-7,11,15-16H,1-3,8,14H2. The van der Waals surface area contributed by atoms with E-state index < -0.39 is 0 Å². The molecule has 1 saturated carbocycles. The van der Waals surface area contributed by atoms with Crippen LogP contribution in [0.2, 0.25) is 0 Å². The summed E-state index contributed by atoms with van der Waals surface area (Å²) in [7, 11) is 0. The second-order valence-electron chi connectivity index (χ2n) is 4.65. The van der Waals surface area contributed by atoms with Gasteiger partial charge in [0.1, 0.15) is 0 Å². The highest BCUT2D eigenvalue weighted by Crippen LogP contribution is 2.20. The zero-order valence-electron chi connectivity index (χ0n) is 9.29. The van der Waals surface area contributed by atoms with Gasteiger partial charge in [-0.15, -0.1) is 0 Å². The second kappa shape index (κ2) is 3.83. The minimum atomic E-state index is 0.733. The molecule has 1 heterocycles. The Morgan fingerprint density at radius 1 is 1.31 bits per heavy atom. The number of nitrogens with one attached hydrogen (secondary N) is 2. The maximum atomic E-state index is 5.76. The fourth-order valence-electron chi connectivity index (χ4n) is 2.17. The highest BCUT2D eigenvalue weighted by Gasteiger charge is 2.16. The quantitative estimate of drug-likeness (QED) is 0.689. The fourth-order valence-corrected chi connectivity index (χ4v) is 2.17. The number of anilines is 1. The minimum Gasteiger partial charge on any atom is -0.399 e. The highest BCUT2D eigenvalue weighted by atomic mass is 14.9. The Morgan fingerprint density at radius 3 is 2.94 bits per heavy atom. The zero-order chi connectivity index (χ0) is 11.0. The second-order valence-corrected chi connectivity index (χ2v) is 4.65. The molecule has 3 rings (SSSR count). The molecular weight excluding hydrogens is 198 g/mol. The van der Waals surface area contributed by atoms with Crippen LogP contribution in [-0.2, 0) is 6.54 Å². The first-order valence-electron chi connectivity index (χ1n) is 5.92. The molecular formula is C13H17N3. The first-order valence-corrected chi connectivity index (χ1v) is 5.92. The molecule has 1 aliphatic rings. The molecule has 0 radical (unpaired) electrons. The number of nitrogens with two attached hydrogens (primary N) is 1. The molecule has 1 aromatic carbocycles. The van der Waals surface area contributed by atoms with Crippen molar-refractivity contribution in [1.82, 2.24) is 10.3 Å². The summed E-state index contributed by atoms with van der Waals surface area (Å²) >= 11 is 0. The molecule has 1 fully saturated rings. The lowest BCUT2D eigenvalue weighted by Crippen LogP contribution is -2.34. The van der Waals surface area contributed by atoms with Gasteiger partial charge in [-0.1, -0.05) is 6.42 Å². The van der Waals surface area contributed by atoms with E-state index in [0.29, 0.717) is 0 Å². The van der Waals surface area contributed by atoms with Crippen LogP contribution in [0.3, 0.4) is 0 Å². The number of rotatable bonds is 3. The predicted octanol–water partition coefficient (Wildman–Crippen LogP) is 2.39. The van der Waals surface area contributed by atoms with Crippen LogP contribution in [0, 0.1) is 0 Å². The lowest BCUT2D eigenvalue weighted by atomic mass is 9.93. The van der Waals surface area contributed by atoms with E-state index in [1.54, 1.807) is 0 Å². The molecule has 0 amide bonds. The van der Waals surface area contributed by atoms with Gasteiger partial charge in [-0.3, -0.25) is 0 Å². The van der Waals surface area contributed by atoms with Crippen LogP contribution in [0.4, 0.5) is 5.69 Å². The SMILES string of the molecule is Nc1ccc2[nH]c(CNC3CCC3)cc2c1. The minimum absolute atomic E-state index is 0.733. The van der Waals surface area contributed by atoms with Crippen LogP contribution in [0.25, 0.3) is 10.9 Å². The van der Waals surface area contributed by atoms with E-state index in [1.807, 2.05) is 18.2 Å². The molecule has 3 heteroatoms. The van der Waals surface area contributed by atoms with Crippen LogP contribution in [0.1, 0.15) is 25.0 Å². The van der Waals surface area contributed by atoms with Crippen LogP contribution in [0.15, 0.2) is 24.3 Å². The van der Waals surface area contributed by atoms with Crippen molar-refractivity contribution in [3.63, 3.8) is 0 Å². The third kappa shape index (κ3) is 1.78. The highest BCUT2D eigenvalue weighted by molar-refractivity contribution is 5.83. The van der Waals surface area contributed by atoms with Crippen LogP contribution in [0.5, 0.6) is 0 Å². The maximum Gasteiger partial charge on any atom is 0.0457 e. The van der Waals surface area contributed by atoms with Crippen molar-refractivity contribution in [2.75, 3.05) is 5.73 Å². The van der Waals surface area contributed by atoms with Gasteiger partial charge in [0.15, 0.2) is 0 Å². The zero-order valence-corrected chi connectivity index (χ0v) is 9.29. The van der Waals surface area contributed by atoms with Gasteiger partial charge in [0.05, 0.1) is 0 Å². The number of aromatic nitrogens is 1. The van der Waals surface area contributed by atoms with Crippen LogP contribution < -0.4 is 11.1 Å². The van der Waals surface area contributed by atoms with E-state index in [4.69, 9.17) is 5.73 Å². The molecule has 0 bridgehead atoms. The van der Waals surface area contributed by atoms with Crippen molar-refractivity contribution >= 4 is 16.6 Å². The number of hydrogen-bond donors (Lipinski definition) is 3. The maximum absolute atomic E-state index is 5.76. The topological polar surface area (TPSA) is 53.8 Å². The van der Waals surface area contributed by atoms with E-state index in [-0.39, 0.29) is 0 Å². The summed E-state index contributed by atoms with van der Waals surface area (Å²) in [4.78, 5) is 3.41. The van der Waals surface area contributed by atoms with Gasteiger partial charge < -0.3 is 16.0 Å². The van der Waals surface area contributed by atoms with Gasteiger partial charge in [0, 0.05) is 34.9 Å². The van der Waals surface area contributed by atoms with Gasteiger partial charge in [-0.2, -0.15) is 0 Å². The lowest BCUT2D eigenvalue weighted by molar-refractivity contribution is 0.337. The van der Waals surface area contributed by atoms with E-state index in [2.05, 4.69) is 16.4 Å². The Kier molecular flexibility index (Phi) is 2.33. The third-order valence-electron chi connectivity index (χ3n) is 3.39. The van der Waals surface area contributed by atoms with E-state index in [9.17, 15) is 0 Å². The summed E-state index contributed by atoms with van der Waals surface area (Å²) in [5, 5.41) is 4.75. The lowest BCUT2D eigenvalue weighted by Gasteiger charge is -2.26. The number of aromatic amines is 1. The number of hydrogen-bond acceptors (Lipinski definition) is 2. The third-order valence-corrected chi connectivity index (χ3v) is 3.39. The molecule has 0 spiro atoms. The van der Waals surface area contributed by atoms with Crippen LogP contribution >= 0.6 is 0 Å². The average molecular weight is 215 g/mol. The molecule has 1 aliphatic carbocycles. The molecule has 0 atom stereocenters. The molecule has 1 aromatic heterocycles. The largest absolute Gasteiger partial charge is 0.399 e. The fraction of sp³-hybridized carbons (Fsp3) is 0.385. The normalized spacial score (nSPS) is 16.5. The molecule has 0 unspecified atom stereocenters. The molecule has 84 valence electrons. The molecule has 3 nitrogen and oxygen atoms in total. The van der Waals surface area contributed by atoms with E-state index in [0.717, 1.165) is 18.3 Å². The Labute approximate surface area is 95.0 Å². The molecule has 0 saturated heterocycles. The summed E-state index contributed by atoms with van der Waals surface area (Å²) in [5.41, 5.74) is 8.99. The van der Waals surface area contributed by atoms with Gasteiger partial charge >= 0.3 is 0 Å². The predicted molar refractivity (Wildman–Crippen MR) is 67.2 cm³/mol. The first-order chi connectivity index (χ1) is 7.81. The van der Waals surface area contributed by atoms with Crippen molar-refractivity contribution in [1.29, 1.82) is 0 Å². The number of fused-ring (bicyclic) bond motifs is 1. The Hall–Kier alpha value is -1.48. The van der Waals surface area contributed by atoms with E-state index >= 15 is 0 Å². The Morgan fingerprint density at radius 2 is 2.19 bits per heavy atom. The Bertz CT molecular complexity index is 497. The van der Waals surface area contributed by atoms with Crippen molar-refractivity contribution in [3.8, 4) is 0 Å². The summed E-state index contributed by atoms with van der Waals surface area (Å²) in [6, 6.07) is 8.90. The average Bonchev–Trinajstić information content (AvgIpc) is 2.57. The monoisotopic (exact) mass is 215 g/mol. The van der Waals surface area contributed by atoms with Gasteiger partial charge in [0.2, 0.25) is 0 Å². The molecule has 4 N–H and O–H groups in total. The van der Waals surface area contributed by atoms with Crippen molar-refractivity contribution in [2.45, 2.75) is 31.8 Å². The van der Waals surface area contributed by atoms with E-state index in [1.165, 1.54) is 35.9 Å². The van der Waals surface area contributed by atoms with Crippen LogP contribution in [-0.4, -0.2) is 11.0 Å². The summed E-state index contributed by atoms with van der Waals surface area (Å²) in [6.07, 6.45) is 4.03. The Balaban J connectivity index is 1.76. The number of H-pyrrole nitrogens is 1. The molecule has 0 aliphatic heterocycles. The van der Waals surface area contributed by atoms with Gasteiger partial charge in [-0.25, -0.2) is 0 Å². The number of benzene rings is 1. The first kappa shape index (κ1) is 9.73. The summed E-state index contributed by atoms with van der Waals surface area (Å²) in [6.45, 7) is 0.930. The van der Waals surface area contributed by atoms with Gasteiger partial charge in [-0.05, 0) is 37.1 Å². The van der Waals surface area contributed by atoms with Crippen molar-refractivity contribution in [3.05, 3.63) is 30.0 Å². The van der Waals surface area contributed by atoms with Crippen molar-refractivity contribution < 1.29 is 0 Å². The van der Waals surface area contributed by atoms with Gasteiger partial charge in [0.25, 0.3) is 0 Å². The summed E-state index contributed by atoms with van der Waals surface area (Å²) in [5.74, 6) is 0. The molecule has 2 aromatic rings. The number of nitrogen functional groups attached to an aromatic ring is 1. The van der Waals surface area contributed by atoms with Crippen molar-refractivity contribution in [2.24, 2.45) is 0 Å². The smallest absolute Gasteiger partial charge is 0.0457 e.